The normalized spacial score (nSPS) is 14.4. The largest absolute Gasteiger partial charge is 0.493 e. The summed E-state index contributed by atoms with van der Waals surface area (Å²) < 4.78 is 18.6. The Hall–Kier alpha value is -3.32. The van der Waals surface area contributed by atoms with Gasteiger partial charge in [0.15, 0.2) is 11.5 Å². The van der Waals surface area contributed by atoms with Crippen molar-refractivity contribution in [1.82, 2.24) is 14.5 Å². The van der Waals surface area contributed by atoms with E-state index >= 15 is 0 Å². The van der Waals surface area contributed by atoms with Gasteiger partial charge >= 0.3 is 0 Å². The molecule has 7 nitrogen and oxygen atoms in total. The molecule has 4 rings (SSSR count). The third kappa shape index (κ3) is 3.88. The van der Waals surface area contributed by atoms with Crippen LogP contribution in [0.2, 0.25) is 0 Å². The number of aromatic nitrogens is 2. The maximum atomic E-state index is 12.3. The van der Waals surface area contributed by atoms with Crippen LogP contribution in [-0.4, -0.2) is 48.9 Å². The average Bonchev–Trinajstić information content (AvgIpc) is 2.79. The molecule has 0 amide bonds. The second-order valence-electron chi connectivity index (χ2n) is 7.49. The van der Waals surface area contributed by atoms with E-state index in [1.807, 2.05) is 43.3 Å². The molecule has 3 aromatic rings. The Bertz CT molecular complexity index is 1200. The molecule has 0 spiro atoms. The quantitative estimate of drug-likeness (QED) is 0.607. The zero-order valence-electron chi connectivity index (χ0n) is 18.3. The van der Waals surface area contributed by atoms with Gasteiger partial charge in [-0.25, -0.2) is 0 Å². The van der Waals surface area contributed by atoms with Gasteiger partial charge in [0.05, 0.1) is 32.2 Å². The Morgan fingerprint density at radius 3 is 2.45 bits per heavy atom. The number of ether oxygens (including phenoxy) is 3. The first-order chi connectivity index (χ1) is 15.1. The fourth-order valence-electron chi connectivity index (χ4n) is 4.22. The van der Waals surface area contributed by atoms with Crippen LogP contribution >= 0.6 is 0 Å². The van der Waals surface area contributed by atoms with Gasteiger partial charge < -0.3 is 18.8 Å². The van der Waals surface area contributed by atoms with Crippen molar-refractivity contribution in [3.63, 3.8) is 0 Å². The van der Waals surface area contributed by atoms with Gasteiger partial charge in [-0.05, 0) is 25.1 Å². The Morgan fingerprint density at radius 1 is 1.00 bits per heavy atom. The lowest BCUT2D eigenvalue weighted by atomic mass is 10.1. The molecule has 2 aromatic carbocycles. The minimum Gasteiger partial charge on any atom is -0.493 e. The van der Waals surface area contributed by atoms with Gasteiger partial charge in [0.25, 0.3) is 5.56 Å². The van der Waals surface area contributed by atoms with Crippen molar-refractivity contribution < 1.29 is 14.2 Å². The number of hydrogen-bond donors (Lipinski definition) is 0. The number of rotatable bonds is 6. The lowest BCUT2D eigenvalue weighted by molar-refractivity contribution is 0.279. The first kappa shape index (κ1) is 20.9. The molecule has 1 aliphatic heterocycles. The number of hydrogen-bond acceptors (Lipinski definition) is 6. The first-order valence-corrected chi connectivity index (χ1v) is 10.3. The molecule has 0 aliphatic carbocycles. The summed E-state index contributed by atoms with van der Waals surface area (Å²) in [5.74, 6) is 2.67. The summed E-state index contributed by atoms with van der Waals surface area (Å²) in [4.78, 5) is 18.8. The maximum Gasteiger partial charge on any atom is 0.280 e. The van der Waals surface area contributed by atoms with Gasteiger partial charge in [0.2, 0.25) is 5.75 Å². The molecule has 0 fully saturated rings. The molecule has 0 N–H and O–H groups in total. The summed E-state index contributed by atoms with van der Waals surface area (Å²) in [6.07, 6.45) is 3.06. The molecule has 31 heavy (non-hydrogen) atoms. The molecule has 0 bridgehead atoms. The molecule has 0 atom stereocenters. The van der Waals surface area contributed by atoms with E-state index in [1.54, 1.807) is 21.3 Å². The predicted molar refractivity (Wildman–Crippen MR) is 121 cm³/mol. The highest BCUT2D eigenvalue weighted by atomic mass is 16.5. The third-order valence-electron chi connectivity index (χ3n) is 5.70. The van der Waals surface area contributed by atoms with E-state index in [9.17, 15) is 4.79 Å². The minimum absolute atomic E-state index is 0.178. The molecule has 0 saturated heterocycles. The van der Waals surface area contributed by atoms with E-state index in [1.165, 1.54) is 0 Å². The molecular formula is C24H27N3O4. The second-order valence-corrected chi connectivity index (χ2v) is 7.49. The Balaban J connectivity index is 1.61. The molecule has 0 radical (unpaired) electrons. The van der Waals surface area contributed by atoms with Crippen molar-refractivity contribution in [2.45, 2.75) is 19.9 Å². The van der Waals surface area contributed by atoms with Crippen LogP contribution in [0.1, 0.15) is 17.8 Å². The van der Waals surface area contributed by atoms with Gasteiger partial charge in [-0.2, -0.15) is 4.98 Å². The monoisotopic (exact) mass is 421 g/mol. The lowest BCUT2D eigenvalue weighted by Gasteiger charge is -2.29. The van der Waals surface area contributed by atoms with Crippen LogP contribution in [-0.2, 0) is 6.54 Å². The maximum absolute atomic E-state index is 12.3. The highest BCUT2D eigenvalue weighted by molar-refractivity contribution is 5.81. The summed E-state index contributed by atoms with van der Waals surface area (Å²) in [6.45, 7) is 4.28. The highest BCUT2D eigenvalue weighted by Crippen LogP contribution is 2.40. The number of nitrogens with zero attached hydrogens (tertiary/aromatic N) is 3. The average molecular weight is 421 g/mol. The van der Waals surface area contributed by atoms with Gasteiger partial charge in [-0.3, -0.25) is 9.69 Å². The summed E-state index contributed by atoms with van der Waals surface area (Å²) in [7, 11) is 4.88. The summed E-state index contributed by atoms with van der Waals surface area (Å²) in [5.41, 5.74) is 2.93. The van der Waals surface area contributed by atoms with Gasteiger partial charge in [0.1, 0.15) is 5.82 Å². The molecule has 2 heterocycles. The van der Waals surface area contributed by atoms with Gasteiger partial charge in [-0.1, -0.05) is 24.3 Å². The fourth-order valence-corrected chi connectivity index (χ4v) is 4.22. The molecule has 0 saturated carbocycles. The topological polar surface area (TPSA) is 65.8 Å². The fraction of sp³-hybridized carbons (Fsp3) is 0.333. The smallest absolute Gasteiger partial charge is 0.280 e. The second kappa shape index (κ2) is 8.81. The van der Waals surface area contributed by atoms with Gasteiger partial charge in [0, 0.05) is 37.3 Å². The van der Waals surface area contributed by atoms with E-state index in [4.69, 9.17) is 14.2 Å². The molecule has 162 valence electrons. The lowest BCUT2D eigenvalue weighted by Crippen LogP contribution is -2.30. The van der Waals surface area contributed by atoms with Crippen LogP contribution in [0.5, 0.6) is 17.2 Å². The molecule has 1 aromatic heterocycles. The van der Waals surface area contributed by atoms with E-state index in [-0.39, 0.29) is 5.56 Å². The van der Waals surface area contributed by atoms with Crippen LogP contribution < -0.4 is 19.8 Å². The van der Waals surface area contributed by atoms with E-state index < -0.39 is 0 Å². The Kier molecular flexibility index (Phi) is 5.95. The van der Waals surface area contributed by atoms with Crippen LogP contribution in [0.4, 0.5) is 0 Å². The molecule has 0 unspecified atom stereocenters. The zero-order chi connectivity index (χ0) is 22.0. The number of aryl methyl sites for hydroxylation is 1. The zero-order valence-corrected chi connectivity index (χ0v) is 18.3. The number of fused-ring (bicyclic) bond motifs is 1. The summed E-state index contributed by atoms with van der Waals surface area (Å²) >= 11 is 0. The van der Waals surface area contributed by atoms with Crippen LogP contribution in [0.25, 0.3) is 16.6 Å². The summed E-state index contributed by atoms with van der Waals surface area (Å²) in [5, 5.41) is 0.645. The Labute approximate surface area is 181 Å². The number of methoxy groups -OCH3 is 3. The minimum atomic E-state index is -0.178. The molecule has 7 heteroatoms. The van der Waals surface area contributed by atoms with Crippen molar-refractivity contribution in [2.24, 2.45) is 0 Å². The highest BCUT2D eigenvalue weighted by Gasteiger charge is 2.20. The van der Waals surface area contributed by atoms with E-state index in [0.29, 0.717) is 28.5 Å². The van der Waals surface area contributed by atoms with E-state index in [2.05, 4.69) is 20.5 Å². The van der Waals surface area contributed by atoms with Crippen LogP contribution in [0.3, 0.4) is 0 Å². The molecular weight excluding hydrogens is 394 g/mol. The SMILES string of the molecule is COc1ccc(CN2CC=C(n3c(C)nc(=O)c4ccccc43)CC2)c(OC)c1OC. The van der Waals surface area contributed by atoms with Crippen molar-refractivity contribution in [3.05, 3.63) is 64.2 Å². The predicted octanol–water partition coefficient (Wildman–Crippen LogP) is 3.48. The Morgan fingerprint density at radius 2 is 1.77 bits per heavy atom. The number of benzene rings is 2. The third-order valence-corrected chi connectivity index (χ3v) is 5.70. The van der Waals surface area contributed by atoms with E-state index in [0.717, 1.165) is 42.8 Å². The summed E-state index contributed by atoms with van der Waals surface area (Å²) in [6, 6.07) is 11.6. The van der Waals surface area contributed by atoms with Crippen molar-refractivity contribution >= 4 is 16.6 Å². The van der Waals surface area contributed by atoms with Crippen molar-refractivity contribution in [1.29, 1.82) is 0 Å². The first-order valence-electron chi connectivity index (χ1n) is 10.3. The standard InChI is InChI=1S/C24H27N3O4/c1-16-25-24(28)19-7-5-6-8-20(19)27(16)18-11-13-26(14-12-18)15-17-9-10-21(29-2)23(31-4)22(17)30-3/h5-11H,12-15H2,1-4H3. The molecule has 1 aliphatic rings. The van der Waals surface area contributed by atoms with Crippen LogP contribution in [0, 0.1) is 6.92 Å². The number of para-hydroxylation sites is 1. The van der Waals surface area contributed by atoms with Crippen molar-refractivity contribution in [3.8, 4) is 17.2 Å². The van der Waals surface area contributed by atoms with Crippen LogP contribution in [0.15, 0.2) is 47.3 Å². The van der Waals surface area contributed by atoms with Gasteiger partial charge in [-0.15, -0.1) is 0 Å². The van der Waals surface area contributed by atoms with Crippen molar-refractivity contribution in [2.75, 3.05) is 34.4 Å².